The molecule has 0 bridgehead atoms. The third-order valence-electron chi connectivity index (χ3n) is 3.70. The van der Waals surface area contributed by atoms with E-state index in [4.69, 9.17) is 0 Å². The first kappa shape index (κ1) is 15.3. The zero-order valence-electron chi connectivity index (χ0n) is 10.8. The summed E-state index contributed by atoms with van der Waals surface area (Å²) in [6, 6.07) is 11.0. The van der Waals surface area contributed by atoms with Gasteiger partial charge in [-0.3, -0.25) is 0 Å². The van der Waals surface area contributed by atoms with Gasteiger partial charge < -0.3 is 0 Å². The monoisotopic (exact) mass is 212 g/mol. The largest absolute Gasteiger partial charge is 1.00 e. The van der Waals surface area contributed by atoms with E-state index in [9.17, 15) is 0 Å². The Morgan fingerprint density at radius 1 is 1.07 bits per heavy atom. The molecule has 0 aliphatic heterocycles. The molecule has 0 saturated carbocycles. The maximum Gasteiger partial charge on any atom is 1.00 e. The van der Waals surface area contributed by atoms with E-state index in [2.05, 4.69) is 51.0 Å². The number of unbranched alkanes of at least 4 members (excludes halogenated alkanes) is 1. The van der Waals surface area contributed by atoms with E-state index in [0.717, 1.165) is 0 Å². The summed E-state index contributed by atoms with van der Waals surface area (Å²) in [5.41, 5.74) is 1.56. The molecule has 0 saturated heterocycles. The Balaban J connectivity index is 0.00000196. The molecule has 0 aliphatic carbocycles. The zero-order valence-corrected chi connectivity index (χ0v) is 12.8. The van der Waals surface area contributed by atoms with E-state index in [1.54, 1.807) is 5.46 Å². The van der Waals surface area contributed by atoms with Crippen molar-refractivity contribution in [3.63, 3.8) is 0 Å². The van der Waals surface area contributed by atoms with Crippen molar-refractivity contribution in [2.24, 2.45) is 0 Å². The van der Waals surface area contributed by atoms with E-state index in [0.29, 0.717) is 0 Å². The van der Waals surface area contributed by atoms with Crippen LogP contribution in [0.2, 0.25) is 19.5 Å². The first-order chi connectivity index (χ1) is 6.73. The van der Waals surface area contributed by atoms with Crippen molar-refractivity contribution in [2.45, 2.75) is 46.2 Å². The molecule has 2 heteroatoms. The van der Waals surface area contributed by atoms with Crippen molar-refractivity contribution in [2.75, 3.05) is 0 Å². The molecule has 1 atom stereocenters. The molecule has 0 amide bonds. The molecule has 1 rings (SSSR count). The van der Waals surface area contributed by atoms with Crippen molar-refractivity contribution < 1.29 is 29.6 Å². The number of hydrogen-bond donors (Lipinski definition) is 0. The summed E-state index contributed by atoms with van der Waals surface area (Å²) in [5.74, 6) is 0. The molecule has 78 valence electrons. The van der Waals surface area contributed by atoms with Gasteiger partial charge in [-0.15, -0.1) is 0 Å². The fourth-order valence-electron chi connectivity index (χ4n) is 2.18. The van der Waals surface area contributed by atoms with Gasteiger partial charge in [0.1, 0.15) is 0 Å². The van der Waals surface area contributed by atoms with Gasteiger partial charge in [-0.1, -0.05) is 57.0 Å². The van der Waals surface area contributed by atoms with Gasteiger partial charge in [0, 0.05) is 6.15 Å². The molecule has 1 aromatic carbocycles. The zero-order chi connectivity index (χ0) is 10.4. The summed E-state index contributed by atoms with van der Waals surface area (Å²) in [6.07, 6.45) is 5.05. The van der Waals surface area contributed by atoms with Crippen molar-refractivity contribution in [1.29, 1.82) is 0 Å². The van der Waals surface area contributed by atoms with Crippen molar-refractivity contribution in [3.8, 4) is 0 Å². The molecular formula is C13H22BNa. The van der Waals surface area contributed by atoms with Crippen LogP contribution in [0.4, 0.5) is 0 Å². The Morgan fingerprint density at radius 2 is 1.67 bits per heavy atom. The summed E-state index contributed by atoms with van der Waals surface area (Å²) in [7, 11) is 0. The predicted molar refractivity (Wildman–Crippen MR) is 67.9 cm³/mol. The maximum absolute atomic E-state index is 2.45. The van der Waals surface area contributed by atoms with E-state index < -0.39 is 0 Å². The number of hydrogen-bond acceptors (Lipinski definition) is 0. The minimum absolute atomic E-state index is 0. The van der Waals surface area contributed by atoms with E-state index in [1.807, 2.05) is 0 Å². The Bertz CT molecular complexity index is 260. The summed E-state index contributed by atoms with van der Waals surface area (Å²) in [4.78, 5) is 0. The molecule has 0 radical (unpaired) electrons. The van der Waals surface area contributed by atoms with Crippen LogP contribution in [0, 0.1) is 0 Å². The molecule has 1 unspecified atom stereocenters. The molecule has 1 aromatic rings. The topological polar surface area (TPSA) is 0 Å². The van der Waals surface area contributed by atoms with E-state index in [-0.39, 0.29) is 35.7 Å². The Hall–Kier alpha value is 0.285. The van der Waals surface area contributed by atoms with Crippen molar-refractivity contribution in [3.05, 3.63) is 30.3 Å². The minimum Gasteiger partial charge on any atom is -0.210 e. The van der Waals surface area contributed by atoms with Crippen LogP contribution in [0.25, 0.3) is 0 Å². The summed E-state index contributed by atoms with van der Waals surface area (Å²) >= 11 is 0. The normalized spacial score (nSPS) is 14.1. The van der Waals surface area contributed by atoms with Crippen LogP contribution in [0.5, 0.6) is 0 Å². The predicted octanol–water partition coefficient (Wildman–Crippen LogP) is 0.796. The van der Waals surface area contributed by atoms with Crippen LogP contribution in [0.15, 0.2) is 30.3 Å². The molecular weight excluding hydrogens is 190 g/mol. The minimum atomic E-state index is -0.292. The van der Waals surface area contributed by atoms with Crippen LogP contribution in [0.1, 0.15) is 26.7 Å². The van der Waals surface area contributed by atoms with Gasteiger partial charge in [0.2, 0.25) is 0 Å². The van der Waals surface area contributed by atoms with Crippen LogP contribution >= 0.6 is 0 Å². The van der Waals surface area contributed by atoms with Crippen LogP contribution in [0.3, 0.4) is 0 Å². The van der Waals surface area contributed by atoms with Gasteiger partial charge in [-0.25, -0.2) is 5.46 Å². The molecule has 0 aliphatic rings. The van der Waals surface area contributed by atoms with Crippen LogP contribution in [-0.4, -0.2) is 6.15 Å². The Kier molecular flexibility index (Phi) is 7.68. The molecule has 15 heavy (non-hydrogen) atoms. The second-order valence-electron chi connectivity index (χ2n) is 4.76. The molecule has 0 spiro atoms. The second kappa shape index (κ2) is 7.54. The number of rotatable bonds is 5. The third-order valence-corrected chi connectivity index (χ3v) is 3.70. The number of benzene rings is 1. The first-order valence-corrected chi connectivity index (χ1v) is 6.01. The average Bonchev–Trinajstić information content (AvgIpc) is 2.27. The maximum atomic E-state index is 2.45. The van der Waals surface area contributed by atoms with E-state index >= 15 is 0 Å². The van der Waals surface area contributed by atoms with Crippen LogP contribution in [-0.2, 0) is 0 Å². The van der Waals surface area contributed by atoms with Gasteiger partial charge in [-0.05, 0) is 0 Å². The summed E-state index contributed by atoms with van der Waals surface area (Å²) in [6.45, 7) is 7.05. The van der Waals surface area contributed by atoms with Gasteiger partial charge in [0.15, 0.2) is 0 Å². The molecule has 0 fully saturated rings. The second-order valence-corrected chi connectivity index (χ2v) is 4.76. The van der Waals surface area contributed by atoms with E-state index in [1.165, 1.54) is 25.5 Å². The fraction of sp³-hybridized carbons (Fsp3) is 0.538. The van der Waals surface area contributed by atoms with Crippen LogP contribution < -0.4 is 35.0 Å². The molecule has 0 N–H and O–H groups in total. The smallest absolute Gasteiger partial charge is 0.210 e. The summed E-state index contributed by atoms with van der Waals surface area (Å²) in [5, 5.41) is 0. The Labute approximate surface area is 117 Å². The van der Waals surface area contributed by atoms with Gasteiger partial charge in [0.25, 0.3) is 0 Å². The van der Waals surface area contributed by atoms with Crippen molar-refractivity contribution >= 4 is 11.6 Å². The van der Waals surface area contributed by atoms with Gasteiger partial charge in [-0.2, -0.15) is 19.5 Å². The quantitative estimate of drug-likeness (QED) is 0.633. The fourth-order valence-corrected chi connectivity index (χ4v) is 2.18. The SMILES string of the molecule is CCCC[B-](C)(CC)c1ccccc1.[Na+]. The van der Waals surface area contributed by atoms with Gasteiger partial charge >= 0.3 is 29.6 Å². The Morgan fingerprint density at radius 3 is 2.13 bits per heavy atom. The van der Waals surface area contributed by atoms with Gasteiger partial charge in [0.05, 0.1) is 0 Å². The molecule has 0 aromatic heterocycles. The van der Waals surface area contributed by atoms with Crippen molar-refractivity contribution in [1.82, 2.24) is 0 Å². The third kappa shape index (κ3) is 4.34. The standard InChI is InChI=1S/C13H22B.Na/c1-4-6-12-14(3,5-2)13-10-8-7-9-11-13;/h7-11H,4-6,12H2,1-3H3;/q-1;+1. The molecule has 0 heterocycles. The average molecular weight is 212 g/mol. The first-order valence-electron chi connectivity index (χ1n) is 6.01. The molecule has 0 nitrogen and oxygen atoms in total. The summed E-state index contributed by atoms with van der Waals surface area (Å²) < 4.78 is 0.